The summed E-state index contributed by atoms with van der Waals surface area (Å²) in [7, 11) is 0. The molecule has 110 valence electrons. The standard InChI is InChI=1S/C17H20N2O2/c1-3-9-21-14-6-4-5-13(11-14)19-17(20)15-10-12(2)7-8-16(15)18/h4-8,10-11H,3,9,18H2,1-2H3,(H,19,20). The summed E-state index contributed by atoms with van der Waals surface area (Å²) in [5.74, 6) is 0.524. The van der Waals surface area contributed by atoms with Gasteiger partial charge in [0.1, 0.15) is 5.75 Å². The molecular formula is C17H20N2O2. The first-order valence-electron chi connectivity index (χ1n) is 7.00. The van der Waals surface area contributed by atoms with Crippen LogP contribution >= 0.6 is 0 Å². The maximum Gasteiger partial charge on any atom is 0.257 e. The van der Waals surface area contributed by atoms with E-state index in [-0.39, 0.29) is 5.91 Å². The highest BCUT2D eigenvalue weighted by molar-refractivity contribution is 6.07. The molecule has 2 aromatic rings. The maximum absolute atomic E-state index is 12.3. The van der Waals surface area contributed by atoms with Gasteiger partial charge in [0.05, 0.1) is 12.2 Å². The predicted molar refractivity (Wildman–Crippen MR) is 85.8 cm³/mol. The molecule has 0 unspecified atom stereocenters. The molecule has 0 bridgehead atoms. The van der Waals surface area contributed by atoms with Gasteiger partial charge in [-0.15, -0.1) is 0 Å². The van der Waals surface area contributed by atoms with Gasteiger partial charge in [-0.25, -0.2) is 0 Å². The average molecular weight is 284 g/mol. The first kappa shape index (κ1) is 14.9. The number of aryl methyl sites for hydroxylation is 1. The van der Waals surface area contributed by atoms with Crippen molar-refractivity contribution in [1.82, 2.24) is 0 Å². The number of rotatable bonds is 5. The van der Waals surface area contributed by atoms with Crippen molar-refractivity contribution >= 4 is 17.3 Å². The molecule has 0 spiro atoms. The second-order valence-electron chi connectivity index (χ2n) is 4.92. The highest BCUT2D eigenvalue weighted by Crippen LogP contribution is 2.20. The van der Waals surface area contributed by atoms with E-state index < -0.39 is 0 Å². The monoisotopic (exact) mass is 284 g/mol. The van der Waals surface area contributed by atoms with Gasteiger partial charge in [-0.05, 0) is 37.6 Å². The molecule has 0 aliphatic rings. The molecule has 21 heavy (non-hydrogen) atoms. The van der Waals surface area contributed by atoms with E-state index in [0.29, 0.717) is 23.5 Å². The second kappa shape index (κ2) is 6.79. The zero-order valence-electron chi connectivity index (χ0n) is 12.3. The highest BCUT2D eigenvalue weighted by Gasteiger charge is 2.10. The number of ether oxygens (including phenoxy) is 1. The van der Waals surface area contributed by atoms with Crippen molar-refractivity contribution in [2.45, 2.75) is 20.3 Å². The first-order chi connectivity index (χ1) is 10.1. The number of benzene rings is 2. The van der Waals surface area contributed by atoms with Crippen LogP contribution < -0.4 is 15.8 Å². The number of anilines is 2. The lowest BCUT2D eigenvalue weighted by Crippen LogP contribution is -2.14. The molecule has 0 aliphatic heterocycles. The summed E-state index contributed by atoms with van der Waals surface area (Å²) in [5.41, 5.74) is 8.49. The van der Waals surface area contributed by atoms with E-state index >= 15 is 0 Å². The molecule has 0 fully saturated rings. The third-order valence-corrected chi connectivity index (χ3v) is 3.02. The van der Waals surface area contributed by atoms with Crippen molar-refractivity contribution in [2.75, 3.05) is 17.7 Å². The molecule has 0 atom stereocenters. The van der Waals surface area contributed by atoms with E-state index in [1.165, 1.54) is 0 Å². The molecule has 4 nitrogen and oxygen atoms in total. The molecule has 3 N–H and O–H groups in total. The largest absolute Gasteiger partial charge is 0.494 e. The summed E-state index contributed by atoms with van der Waals surface area (Å²) in [6, 6.07) is 12.7. The topological polar surface area (TPSA) is 64.3 Å². The van der Waals surface area contributed by atoms with Gasteiger partial charge in [0, 0.05) is 17.4 Å². The van der Waals surface area contributed by atoms with E-state index in [9.17, 15) is 4.79 Å². The molecule has 4 heteroatoms. The van der Waals surface area contributed by atoms with Crippen molar-refractivity contribution in [3.05, 3.63) is 53.6 Å². The number of carbonyl (C=O) groups is 1. The van der Waals surface area contributed by atoms with Crippen molar-refractivity contribution in [3.8, 4) is 5.75 Å². The fourth-order valence-corrected chi connectivity index (χ4v) is 1.95. The lowest BCUT2D eigenvalue weighted by atomic mass is 10.1. The van der Waals surface area contributed by atoms with Gasteiger partial charge in [-0.2, -0.15) is 0 Å². The molecule has 1 amide bonds. The second-order valence-corrected chi connectivity index (χ2v) is 4.92. The average Bonchev–Trinajstić information content (AvgIpc) is 2.48. The molecule has 0 aromatic heterocycles. The van der Waals surface area contributed by atoms with Crippen LogP contribution in [0.1, 0.15) is 29.3 Å². The van der Waals surface area contributed by atoms with Gasteiger partial charge in [0.25, 0.3) is 5.91 Å². The Kier molecular flexibility index (Phi) is 4.82. The summed E-state index contributed by atoms with van der Waals surface area (Å²) in [4.78, 5) is 12.3. The van der Waals surface area contributed by atoms with E-state index in [2.05, 4.69) is 5.32 Å². The Balaban J connectivity index is 2.14. The molecule has 0 aliphatic carbocycles. The smallest absolute Gasteiger partial charge is 0.257 e. The number of nitrogens with two attached hydrogens (primary N) is 1. The minimum atomic E-state index is -0.219. The van der Waals surface area contributed by atoms with E-state index in [0.717, 1.165) is 17.7 Å². The Morgan fingerprint density at radius 3 is 2.81 bits per heavy atom. The van der Waals surface area contributed by atoms with Crippen LogP contribution in [0.2, 0.25) is 0 Å². The van der Waals surface area contributed by atoms with Gasteiger partial charge in [-0.1, -0.05) is 24.6 Å². The molecule has 2 rings (SSSR count). The van der Waals surface area contributed by atoms with Crippen LogP contribution in [0.15, 0.2) is 42.5 Å². The fourth-order valence-electron chi connectivity index (χ4n) is 1.95. The third-order valence-electron chi connectivity index (χ3n) is 3.02. The summed E-state index contributed by atoms with van der Waals surface area (Å²) < 4.78 is 5.55. The predicted octanol–water partition coefficient (Wildman–Crippen LogP) is 3.62. The Morgan fingerprint density at radius 1 is 1.24 bits per heavy atom. The first-order valence-corrected chi connectivity index (χ1v) is 7.00. The Hall–Kier alpha value is -2.49. The zero-order valence-corrected chi connectivity index (χ0v) is 12.3. The zero-order chi connectivity index (χ0) is 15.2. The number of carbonyl (C=O) groups excluding carboxylic acids is 1. The van der Waals surface area contributed by atoms with Crippen molar-refractivity contribution in [3.63, 3.8) is 0 Å². The molecule has 0 radical (unpaired) electrons. The lowest BCUT2D eigenvalue weighted by Gasteiger charge is -2.10. The number of amides is 1. The van der Waals surface area contributed by atoms with Crippen molar-refractivity contribution in [2.24, 2.45) is 0 Å². The van der Waals surface area contributed by atoms with Gasteiger partial charge in [0.2, 0.25) is 0 Å². The quantitative estimate of drug-likeness (QED) is 0.824. The van der Waals surface area contributed by atoms with Gasteiger partial charge in [0.15, 0.2) is 0 Å². The molecule has 2 aromatic carbocycles. The van der Waals surface area contributed by atoms with Crippen LogP contribution in [-0.4, -0.2) is 12.5 Å². The van der Waals surface area contributed by atoms with Crippen LogP contribution in [0.5, 0.6) is 5.75 Å². The Bertz CT molecular complexity index is 638. The minimum Gasteiger partial charge on any atom is -0.494 e. The van der Waals surface area contributed by atoms with E-state index in [1.807, 2.05) is 38.1 Å². The number of nitrogens with one attached hydrogen (secondary N) is 1. The van der Waals surface area contributed by atoms with Crippen LogP contribution in [-0.2, 0) is 0 Å². The third kappa shape index (κ3) is 3.99. The van der Waals surface area contributed by atoms with Crippen molar-refractivity contribution < 1.29 is 9.53 Å². The SMILES string of the molecule is CCCOc1cccc(NC(=O)c2cc(C)ccc2N)c1. The number of hydrogen-bond donors (Lipinski definition) is 2. The highest BCUT2D eigenvalue weighted by atomic mass is 16.5. The van der Waals surface area contributed by atoms with E-state index in [1.54, 1.807) is 18.2 Å². The van der Waals surface area contributed by atoms with Crippen molar-refractivity contribution in [1.29, 1.82) is 0 Å². The van der Waals surface area contributed by atoms with Crippen LogP contribution in [0.3, 0.4) is 0 Å². The molecule has 0 saturated carbocycles. The lowest BCUT2D eigenvalue weighted by molar-refractivity contribution is 0.102. The number of nitrogen functional groups attached to an aromatic ring is 1. The molecular weight excluding hydrogens is 264 g/mol. The van der Waals surface area contributed by atoms with Crippen LogP contribution in [0, 0.1) is 6.92 Å². The summed E-state index contributed by atoms with van der Waals surface area (Å²) in [6.07, 6.45) is 0.941. The minimum absolute atomic E-state index is 0.219. The number of hydrogen-bond acceptors (Lipinski definition) is 3. The summed E-state index contributed by atoms with van der Waals surface area (Å²) in [6.45, 7) is 4.63. The Labute approximate surface area is 124 Å². The maximum atomic E-state index is 12.3. The fraction of sp³-hybridized carbons (Fsp3) is 0.235. The molecule has 0 heterocycles. The normalized spacial score (nSPS) is 10.2. The molecule has 0 saturated heterocycles. The van der Waals surface area contributed by atoms with Gasteiger partial charge < -0.3 is 15.8 Å². The summed E-state index contributed by atoms with van der Waals surface area (Å²) in [5, 5.41) is 2.84. The van der Waals surface area contributed by atoms with Crippen LogP contribution in [0.4, 0.5) is 11.4 Å². The van der Waals surface area contributed by atoms with Gasteiger partial charge in [-0.3, -0.25) is 4.79 Å². The van der Waals surface area contributed by atoms with Crippen LogP contribution in [0.25, 0.3) is 0 Å². The Morgan fingerprint density at radius 2 is 2.05 bits per heavy atom. The summed E-state index contributed by atoms with van der Waals surface area (Å²) >= 11 is 0. The van der Waals surface area contributed by atoms with E-state index in [4.69, 9.17) is 10.5 Å². The van der Waals surface area contributed by atoms with Gasteiger partial charge >= 0.3 is 0 Å².